The molecule has 2 aromatic carbocycles. The summed E-state index contributed by atoms with van der Waals surface area (Å²) in [5, 5.41) is 3.59. The SMILES string of the molecule is C=C(C)C(=O)Nc1ccc(-c2c(-c3ccc(CC(=O)N(C)C)cc3)c3c(N)ncnc3n2C)cc1. The van der Waals surface area contributed by atoms with Gasteiger partial charge in [0.15, 0.2) is 0 Å². The number of nitrogens with two attached hydrogens (primary N) is 1. The van der Waals surface area contributed by atoms with Crippen LogP contribution in [-0.4, -0.2) is 45.3 Å². The van der Waals surface area contributed by atoms with E-state index < -0.39 is 0 Å². The molecule has 0 aliphatic heterocycles. The van der Waals surface area contributed by atoms with Crippen molar-refractivity contribution in [3.63, 3.8) is 0 Å². The van der Waals surface area contributed by atoms with Crippen LogP contribution < -0.4 is 11.1 Å². The van der Waals surface area contributed by atoms with Gasteiger partial charge in [-0.3, -0.25) is 9.59 Å². The molecule has 0 saturated heterocycles. The number of carbonyl (C=O) groups is 2. The van der Waals surface area contributed by atoms with Crippen LogP contribution in [0.4, 0.5) is 11.5 Å². The number of carbonyl (C=O) groups excluding carboxylic acids is 2. The van der Waals surface area contributed by atoms with Crippen LogP contribution >= 0.6 is 0 Å². The van der Waals surface area contributed by atoms with Crippen molar-refractivity contribution in [1.29, 1.82) is 0 Å². The third kappa shape index (κ3) is 4.63. The van der Waals surface area contributed by atoms with Crippen molar-refractivity contribution in [1.82, 2.24) is 19.4 Å². The zero-order valence-electron chi connectivity index (χ0n) is 20.3. The van der Waals surface area contributed by atoms with E-state index in [1.807, 2.05) is 60.1 Å². The highest BCUT2D eigenvalue weighted by molar-refractivity contribution is 6.08. The molecule has 4 aromatic rings. The number of nitrogen functional groups attached to an aromatic ring is 1. The Hall–Kier alpha value is -4.46. The van der Waals surface area contributed by atoms with Gasteiger partial charge in [-0.2, -0.15) is 0 Å². The first-order valence-electron chi connectivity index (χ1n) is 11.1. The summed E-state index contributed by atoms with van der Waals surface area (Å²) in [6.07, 6.45) is 1.79. The predicted octanol–water partition coefficient (Wildman–Crippen LogP) is 4.03. The Morgan fingerprint density at radius 3 is 2.26 bits per heavy atom. The molecule has 0 unspecified atom stereocenters. The molecule has 2 aromatic heterocycles. The number of anilines is 2. The van der Waals surface area contributed by atoms with Gasteiger partial charge in [-0.15, -0.1) is 0 Å². The van der Waals surface area contributed by atoms with E-state index in [1.165, 1.54) is 6.33 Å². The number of hydrogen-bond donors (Lipinski definition) is 2. The van der Waals surface area contributed by atoms with E-state index in [1.54, 1.807) is 25.9 Å². The smallest absolute Gasteiger partial charge is 0.250 e. The van der Waals surface area contributed by atoms with Crippen LogP contribution in [0.15, 0.2) is 67.0 Å². The number of amides is 2. The monoisotopic (exact) mass is 468 g/mol. The highest BCUT2D eigenvalue weighted by Crippen LogP contribution is 2.41. The number of hydrogen-bond acceptors (Lipinski definition) is 5. The molecule has 2 amide bonds. The van der Waals surface area contributed by atoms with E-state index in [2.05, 4.69) is 21.9 Å². The van der Waals surface area contributed by atoms with Crippen molar-refractivity contribution in [3.8, 4) is 22.4 Å². The lowest BCUT2D eigenvalue weighted by Gasteiger charge is -2.12. The maximum absolute atomic E-state index is 12.1. The first kappa shape index (κ1) is 23.7. The second-order valence-electron chi connectivity index (χ2n) is 8.71. The predicted molar refractivity (Wildman–Crippen MR) is 140 cm³/mol. The maximum Gasteiger partial charge on any atom is 0.250 e. The van der Waals surface area contributed by atoms with Crippen LogP contribution in [0, 0.1) is 0 Å². The summed E-state index contributed by atoms with van der Waals surface area (Å²) >= 11 is 0. The molecule has 4 rings (SSSR count). The second kappa shape index (κ2) is 9.42. The average Bonchev–Trinajstić information content (AvgIpc) is 3.13. The van der Waals surface area contributed by atoms with E-state index in [-0.39, 0.29) is 11.8 Å². The van der Waals surface area contributed by atoms with Crippen molar-refractivity contribution in [2.24, 2.45) is 7.05 Å². The summed E-state index contributed by atoms with van der Waals surface area (Å²) in [5.74, 6) is 0.211. The van der Waals surface area contributed by atoms with Crippen LogP contribution in [0.25, 0.3) is 33.4 Å². The Kier molecular flexibility index (Phi) is 6.38. The van der Waals surface area contributed by atoms with Gasteiger partial charge in [0.2, 0.25) is 5.91 Å². The van der Waals surface area contributed by atoms with Gasteiger partial charge in [-0.1, -0.05) is 43.0 Å². The first-order chi connectivity index (χ1) is 16.7. The number of aryl methyl sites for hydroxylation is 1. The molecule has 0 bridgehead atoms. The standard InChI is InChI=1S/C27H28N6O2/c1-16(2)27(35)31-20-12-10-19(11-13-20)24-22(23-25(28)29-15-30-26(23)33(24)5)18-8-6-17(7-9-18)14-21(34)32(3)4/h6-13,15H,1,14H2,2-5H3,(H,31,35)(H2,28,29,30). The summed E-state index contributed by atoms with van der Waals surface area (Å²) in [6.45, 7) is 5.34. The minimum atomic E-state index is -0.223. The molecular formula is C27H28N6O2. The van der Waals surface area contributed by atoms with Gasteiger partial charge in [0.05, 0.1) is 17.5 Å². The van der Waals surface area contributed by atoms with Crippen LogP contribution in [0.3, 0.4) is 0 Å². The molecule has 8 nitrogen and oxygen atoms in total. The number of benzene rings is 2. The zero-order valence-corrected chi connectivity index (χ0v) is 20.3. The van der Waals surface area contributed by atoms with Crippen LogP contribution in [0.1, 0.15) is 12.5 Å². The normalized spacial score (nSPS) is 10.9. The molecule has 8 heteroatoms. The van der Waals surface area contributed by atoms with E-state index in [4.69, 9.17) is 5.73 Å². The number of likely N-dealkylation sites (N-methyl/N-ethyl adjacent to an activating group) is 1. The molecule has 35 heavy (non-hydrogen) atoms. The molecule has 0 spiro atoms. The van der Waals surface area contributed by atoms with E-state index in [0.29, 0.717) is 29.1 Å². The summed E-state index contributed by atoms with van der Waals surface area (Å²) in [5.41, 5.74) is 12.8. The summed E-state index contributed by atoms with van der Waals surface area (Å²) in [7, 11) is 5.43. The molecule has 178 valence electrons. The molecule has 2 heterocycles. The van der Waals surface area contributed by atoms with Crippen molar-refractivity contribution < 1.29 is 9.59 Å². The third-order valence-electron chi connectivity index (χ3n) is 5.90. The van der Waals surface area contributed by atoms with Crippen molar-refractivity contribution in [3.05, 3.63) is 72.6 Å². The van der Waals surface area contributed by atoms with Gasteiger partial charge in [-0.05, 0) is 35.7 Å². The highest BCUT2D eigenvalue weighted by Gasteiger charge is 2.22. The fraction of sp³-hybridized carbons (Fsp3) is 0.185. The van der Waals surface area contributed by atoms with Gasteiger partial charge in [-0.25, -0.2) is 9.97 Å². The third-order valence-corrected chi connectivity index (χ3v) is 5.90. The van der Waals surface area contributed by atoms with Gasteiger partial charge in [0.1, 0.15) is 17.8 Å². The quantitative estimate of drug-likeness (QED) is 0.416. The Morgan fingerprint density at radius 1 is 1.03 bits per heavy atom. The topological polar surface area (TPSA) is 106 Å². The lowest BCUT2D eigenvalue weighted by Crippen LogP contribution is -2.23. The van der Waals surface area contributed by atoms with Crippen LogP contribution in [0.2, 0.25) is 0 Å². The molecule has 0 fully saturated rings. The highest BCUT2D eigenvalue weighted by atomic mass is 16.2. The number of aromatic nitrogens is 3. The minimum absolute atomic E-state index is 0.0417. The van der Waals surface area contributed by atoms with Gasteiger partial charge in [0.25, 0.3) is 5.91 Å². The number of rotatable bonds is 6. The molecule has 0 atom stereocenters. The molecule has 0 aliphatic rings. The second-order valence-corrected chi connectivity index (χ2v) is 8.71. The van der Waals surface area contributed by atoms with E-state index in [0.717, 1.165) is 33.3 Å². The lowest BCUT2D eigenvalue weighted by molar-refractivity contribution is -0.128. The summed E-state index contributed by atoms with van der Waals surface area (Å²) in [4.78, 5) is 34.4. The fourth-order valence-corrected chi connectivity index (χ4v) is 3.97. The average molecular weight is 469 g/mol. The fourth-order valence-electron chi connectivity index (χ4n) is 3.97. The molecule has 3 N–H and O–H groups in total. The number of fused-ring (bicyclic) bond motifs is 1. The van der Waals surface area contributed by atoms with Gasteiger partial charge < -0.3 is 20.5 Å². The van der Waals surface area contributed by atoms with Gasteiger partial charge >= 0.3 is 0 Å². The number of nitrogens with zero attached hydrogens (tertiary/aromatic N) is 4. The Balaban J connectivity index is 1.82. The van der Waals surface area contributed by atoms with Gasteiger partial charge in [0, 0.05) is 38.0 Å². The zero-order chi connectivity index (χ0) is 25.3. The van der Waals surface area contributed by atoms with Crippen molar-refractivity contribution in [2.45, 2.75) is 13.3 Å². The Morgan fingerprint density at radius 2 is 1.66 bits per heavy atom. The van der Waals surface area contributed by atoms with Crippen molar-refractivity contribution in [2.75, 3.05) is 25.1 Å². The maximum atomic E-state index is 12.1. The van der Waals surface area contributed by atoms with E-state index >= 15 is 0 Å². The Bertz CT molecular complexity index is 1430. The molecule has 0 aliphatic carbocycles. The van der Waals surface area contributed by atoms with Crippen LogP contribution in [0.5, 0.6) is 0 Å². The molecule has 0 saturated carbocycles. The molecular weight excluding hydrogens is 440 g/mol. The largest absolute Gasteiger partial charge is 0.383 e. The Labute approximate surface area is 204 Å². The number of nitrogens with one attached hydrogen (secondary N) is 1. The lowest BCUT2D eigenvalue weighted by atomic mass is 9.97. The summed E-state index contributed by atoms with van der Waals surface area (Å²) < 4.78 is 1.99. The van der Waals surface area contributed by atoms with Crippen LogP contribution in [-0.2, 0) is 23.1 Å². The van der Waals surface area contributed by atoms with E-state index in [9.17, 15) is 9.59 Å². The molecule has 0 radical (unpaired) electrons. The summed E-state index contributed by atoms with van der Waals surface area (Å²) in [6, 6.07) is 15.5. The first-order valence-corrected chi connectivity index (χ1v) is 11.1. The van der Waals surface area contributed by atoms with Crippen molar-refractivity contribution >= 4 is 34.4 Å². The minimum Gasteiger partial charge on any atom is -0.383 e.